The summed E-state index contributed by atoms with van der Waals surface area (Å²) in [5.74, 6) is 0. The average Bonchev–Trinajstić information content (AvgIpc) is 2.48. The summed E-state index contributed by atoms with van der Waals surface area (Å²) < 4.78 is 0. The van der Waals surface area contributed by atoms with E-state index in [0.717, 1.165) is 21.8 Å². The largest absolute Gasteiger partial charge is 0.369 e. The van der Waals surface area contributed by atoms with Gasteiger partial charge in [-0.1, -0.05) is 35.9 Å². The zero-order chi connectivity index (χ0) is 14.5. The molecule has 0 bridgehead atoms. The number of benzene rings is 2. The van der Waals surface area contributed by atoms with Crippen LogP contribution in [-0.2, 0) is 13.1 Å². The molecule has 0 aromatic heterocycles. The van der Waals surface area contributed by atoms with Crippen molar-refractivity contribution in [2.24, 2.45) is 5.73 Å². The predicted octanol–water partition coefficient (Wildman–Crippen LogP) is 3.31. The number of hydrogen-bond acceptors (Lipinski definition) is 3. The number of hydrogen-bond donors (Lipinski definition) is 1. The maximum absolute atomic E-state index is 9.26. The van der Waals surface area contributed by atoms with Gasteiger partial charge in [-0.3, -0.25) is 0 Å². The Labute approximate surface area is 124 Å². The summed E-state index contributed by atoms with van der Waals surface area (Å²) >= 11 is 6.17. The minimum Gasteiger partial charge on any atom is -0.369 e. The second-order valence-corrected chi connectivity index (χ2v) is 5.02. The van der Waals surface area contributed by atoms with Gasteiger partial charge >= 0.3 is 0 Å². The van der Waals surface area contributed by atoms with E-state index < -0.39 is 0 Å². The van der Waals surface area contributed by atoms with Gasteiger partial charge in [0.1, 0.15) is 6.07 Å². The molecule has 0 saturated heterocycles. The van der Waals surface area contributed by atoms with Gasteiger partial charge in [0.05, 0.1) is 11.3 Å². The van der Waals surface area contributed by atoms with Gasteiger partial charge in [0.25, 0.3) is 0 Å². The molecule has 3 nitrogen and oxygen atoms in total. The Morgan fingerprint density at radius 1 is 1.25 bits per heavy atom. The van der Waals surface area contributed by atoms with E-state index in [4.69, 9.17) is 17.3 Å². The van der Waals surface area contributed by atoms with Crippen LogP contribution in [0.3, 0.4) is 0 Å². The van der Waals surface area contributed by atoms with E-state index in [1.54, 1.807) is 0 Å². The van der Waals surface area contributed by atoms with Crippen LogP contribution < -0.4 is 10.6 Å². The van der Waals surface area contributed by atoms with Gasteiger partial charge in [0, 0.05) is 25.2 Å². The molecule has 0 aliphatic carbocycles. The lowest BCUT2D eigenvalue weighted by Crippen LogP contribution is -2.18. The summed E-state index contributed by atoms with van der Waals surface area (Å²) in [4.78, 5) is 2.01. The third-order valence-corrected chi connectivity index (χ3v) is 3.56. The molecule has 0 heterocycles. The van der Waals surface area contributed by atoms with Crippen molar-refractivity contribution in [1.82, 2.24) is 0 Å². The highest BCUT2D eigenvalue weighted by atomic mass is 35.5. The average molecular weight is 286 g/mol. The van der Waals surface area contributed by atoms with Crippen molar-refractivity contribution >= 4 is 17.3 Å². The van der Waals surface area contributed by atoms with Crippen molar-refractivity contribution < 1.29 is 0 Å². The molecule has 0 aliphatic rings. The van der Waals surface area contributed by atoms with E-state index >= 15 is 0 Å². The number of nitrogens with zero attached hydrogens (tertiary/aromatic N) is 2. The van der Waals surface area contributed by atoms with Crippen molar-refractivity contribution in [2.45, 2.75) is 13.1 Å². The quantitative estimate of drug-likeness (QED) is 0.938. The third-order valence-electron chi connectivity index (χ3n) is 3.19. The molecular formula is C16H16ClN3. The van der Waals surface area contributed by atoms with E-state index in [2.05, 4.69) is 6.07 Å². The molecule has 0 spiro atoms. The third kappa shape index (κ3) is 3.11. The molecule has 0 atom stereocenters. The summed E-state index contributed by atoms with van der Waals surface area (Å²) in [6.45, 7) is 1.08. The highest BCUT2D eigenvalue weighted by Gasteiger charge is 2.10. The first-order valence-electron chi connectivity index (χ1n) is 6.33. The first-order chi connectivity index (χ1) is 9.65. The van der Waals surface area contributed by atoms with Gasteiger partial charge in [-0.15, -0.1) is 0 Å². The smallest absolute Gasteiger partial charge is 0.101 e. The van der Waals surface area contributed by atoms with E-state index in [-0.39, 0.29) is 0 Å². The van der Waals surface area contributed by atoms with Gasteiger partial charge in [0.15, 0.2) is 0 Å². The maximum atomic E-state index is 9.26. The molecule has 0 unspecified atom stereocenters. The normalized spacial score (nSPS) is 10.1. The summed E-state index contributed by atoms with van der Waals surface area (Å²) in [7, 11) is 1.95. The standard InChI is InChI=1S/C16H16ClN3/c1-20(11-13-4-2-3-5-15(13)17)16-7-6-12(9-18)8-14(16)10-19/h2-8H,9,11,18H2,1H3. The molecule has 102 valence electrons. The fraction of sp³-hybridized carbons (Fsp3) is 0.188. The SMILES string of the molecule is CN(Cc1ccccc1Cl)c1ccc(CN)cc1C#N. The first-order valence-corrected chi connectivity index (χ1v) is 6.71. The van der Waals surface area contributed by atoms with Gasteiger partial charge in [0.2, 0.25) is 0 Å². The van der Waals surface area contributed by atoms with Gasteiger partial charge in [-0.2, -0.15) is 5.26 Å². The van der Waals surface area contributed by atoms with Crippen LogP contribution in [0.25, 0.3) is 0 Å². The highest BCUT2D eigenvalue weighted by molar-refractivity contribution is 6.31. The zero-order valence-electron chi connectivity index (χ0n) is 11.3. The number of nitriles is 1. The second-order valence-electron chi connectivity index (χ2n) is 4.61. The van der Waals surface area contributed by atoms with Crippen molar-refractivity contribution in [3.05, 3.63) is 64.2 Å². The van der Waals surface area contributed by atoms with Crippen molar-refractivity contribution in [2.75, 3.05) is 11.9 Å². The minimum absolute atomic E-state index is 0.434. The van der Waals surface area contributed by atoms with E-state index in [0.29, 0.717) is 18.7 Å². The molecule has 4 heteroatoms. The second kappa shape index (κ2) is 6.42. The van der Waals surface area contributed by atoms with Crippen molar-refractivity contribution in [3.63, 3.8) is 0 Å². The van der Waals surface area contributed by atoms with Crippen LogP contribution >= 0.6 is 11.6 Å². The van der Waals surface area contributed by atoms with E-state index in [1.807, 2.05) is 54.4 Å². The summed E-state index contributed by atoms with van der Waals surface area (Å²) in [5.41, 5.74) is 9.10. The highest BCUT2D eigenvalue weighted by Crippen LogP contribution is 2.24. The molecule has 0 amide bonds. The fourth-order valence-electron chi connectivity index (χ4n) is 2.10. The molecule has 0 aliphatic heterocycles. The Hall–Kier alpha value is -2.02. The Bertz CT molecular complexity index is 646. The predicted molar refractivity (Wildman–Crippen MR) is 82.6 cm³/mol. The molecule has 2 rings (SSSR count). The van der Waals surface area contributed by atoms with Gasteiger partial charge in [-0.05, 0) is 29.3 Å². The molecule has 0 saturated carbocycles. The Morgan fingerprint density at radius 2 is 2.00 bits per heavy atom. The summed E-state index contributed by atoms with van der Waals surface area (Å²) in [5, 5.41) is 10.00. The zero-order valence-corrected chi connectivity index (χ0v) is 12.1. The van der Waals surface area contributed by atoms with Crippen LogP contribution in [0.2, 0.25) is 5.02 Å². The molecule has 2 aromatic carbocycles. The van der Waals surface area contributed by atoms with E-state index in [1.165, 1.54) is 0 Å². The van der Waals surface area contributed by atoms with Crippen LogP contribution in [0.15, 0.2) is 42.5 Å². The van der Waals surface area contributed by atoms with Gasteiger partial charge < -0.3 is 10.6 Å². The Morgan fingerprint density at radius 3 is 2.65 bits per heavy atom. The lowest BCUT2D eigenvalue weighted by Gasteiger charge is -2.21. The summed E-state index contributed by atoms with van der Waals surface area (Å²) in [6, 6.07) is 15.6. The lowest BCUT2D eigenvalue weighted by molar-refractivity contribution is 0.919. The number of halogens is 1. The fourth-order valence-corrected chi connectivity index (χ4v) is 2.30. The lowest BCUT2D eigenvalue weighted by atomic mass is 10.1. The molecule has 0 radical (unpaired) electrons. The van der Waals surface area contributed by atoms with Crippen LogP contribution in [-0.4, -0.2) is 7.05 Å². The van der Waals surface area contributed by atoms with Crippen LogP contribution in [0, 0.1) is 11.3 Å². The van der Waals surface area contributed by atoms with Crippen molar-refractivity contribution in [3.8, 4) is 6.07 Å². The molecule has 2 N–H and O–H groups in total. The van der Waals surface area contributed by atoms with Gasteiger partial charge in [-0.25, -0.2) is 0 Å². The van der Waals surface area contributed by atoms with E-state index in [9.17, 15) is 5.26 Å². The minimum atomic E-state index is 0.434. The number of rotatable bonds is 4. The van der Waals surface area contributed by atoms with Crippen LogP contribution in [0.1, 0.15) is 16.7 Å². The Balaban J connectivity index is 2.28. The Kier molecular flexibility index (Phi) is 4.62. The van der Waals surface area contributed by atoms with Crippen LogP contribution in [0.5, 0.6) is 0 Å². The topological polar surface area (TPSA) is 53.0 Å². The maximum Gasteiger partial charge on any atom is 0.101 e. The number of nitrogens with two attached hydrogens (primary N) is 1. The number of anilines is 1. The monoisotopic (exact) mass is 285 g/mol. The molecular weight excluding hydrogens is 270 g/mol. The summed E-state index contributed by atoms with van der Waals surface area (Å²) in [6.07, 6.45) is 0. The van der Waals surface area contributed by atoms with Crippen molar-refractivity contribution in [1.29, 1.82) is 5.26 Å². The van der Waals surface area contributed by atoms with Crippen LogP contribution in [0.4, 0.5) is 5.69 Å². The molecule has 2 aromatic rings. The molecule has 0 fully saturated rings. The molecule has 20 heavy (non-hydrogen) atoms. The first kappa shape index (κ1) is 14.4.